The minimum atomic E-state index is -0.681. The van der Waals surface area contributed by atoms with Crippen molar-refractivity contribution in [2.75, 3.05) is 0 Å². The first-order valence-corrected chi connectivity index (χ1v) is 6.21. The number of rotatable bonds is 3. The lowest BCUT2D eigenvalue weighted by Gasteiger charge is -2.13. The molecule has 104 valence electrons. The molecule has 2 aromatic carbocycles. The zero-order chi connectivity index (χ0) is 14.9. The summed E-state index contributed by atoms with van der Waals surface area (Å²) < 4.78 is 5.12. The molecular formula is C15H15NO4. The van der Waals surface area contributed by atoms with Crippen LogP contribution in [-0.4, -0.2) is 17.0 Å². The Balaban J connectivity index is 2.83. The topological polar surface area (TPSA) is 89.6 Å². The first kappa shape index (κ1) is 13.9. The molecule has 0 heterocycles. The van der Waals surface area contributed by atoms with Crippen molar-refractivity contribution in [3.05, 3.63) is 35.4 Å². The molecule has 0 aromatic heterocycles. The second kappa shape index (κ2) is 5.21. The smallest absolute Gasteiger partial charge is 0.308 e. The van der Waals surface area contributed by atoms with Crippen molar-refractivity contribution in [1.29, 1.82) is 0 Å². The second-order valence-electron chi connectivity index (χ2n) is 4.41. The van der Waals surface area contributed by atoms with Gasteiger partial charge in [0.25, 0.3) is 5.91 Å². The first-order chi connectivity index (χ1) is 9.45. The van der Waals surface area contributed by atoms with Gasteiger partial charge in [-0.15, -0.1) is 0 Å². The Morgan fingerprint density at radius 1 is 1.30 bits per heavy atom. The Morgan fingerprint density at radius 3 is 2.55 bits per heavy atom. The van der Waals surface area contributed by atoms with Crippen LogP contribution in [0.4, 0.5) is 0 Å². The fourth-order valence-electron chi connectivity index (χ4n) is 2.34. The summed E-state index contributed by atoms with van der Waals surface area (Å²) in [5.41, 5.74) is 6.07. The van der Waals surface area contributed by atoms with Gasteiger partial charge >= 0.3 is 5.97 Å². The molecule has 5 nitrogen and oxygen atoms in total. The number of aromatic hydroxyl groups is 1. The number of carbonyl (C=O) groups excluding carboxylic acids is 2. The summed E-state index contributed by atoms with van der Waals surface area (Å²) in [5, 5.41) is 11.3. The van der Waals surface area contributed by atoms with Crippen LogP contribution in [0.1, 0.15) is 29.8 Å². The van der Waals surface area contributed by atoms with Crippen LogP contribution in [0.3, 0.4) is 0 Å². The highest BCUT2D eigenvalue weighted by molar-refractivity contribution is 6.05. The van der Waals surface area contributed by atoms with Crippen molar-refractivity contribution in [2.24, 2.45) is 5.73 Å². The van der Waals surface area contributed by atoms with E-state index in [1.807, 2.05) is 6.92 Å². The lowest BCUT2D eigenvalue weighted by molar-refractivity contribution is -0.131. The second-order valence-corrected chi connectivity index (χ2v) is 4.41. The Bertz CT molecular complexity index is 707. The third kappa shape index (κ3) is 2.30. The summed E-state index contributed by atoms with van der Waals surface area (Å²) in [6.07, 6.45) is 0.521. The number of amides is 1. The standard InChI is InChI=1S/C15H15NO4/c1-3-9-10-5-4-6-13(20-8(2)17)11(10)7-12(18)14(9)15(16)19/h4-7,18H,3H2,1-2H3,(H2,16,19). The summed E-state index contributed by atoms with van der Waals surface area (Å²) in [4.78, 5) is 22.6. The van der Waals surface area contributed by atoms with E-state index in [1.165, 1.54) is 13.0 Å². The summed E-state index contributed by atoms with van der Waals surface area (Å²) in [7, 11) is 0. The molecule has 20 heavy (non-hydrogen) atoms. The maximum atomic E-state index is 11.5. The maximum absolute atomic E-state index is 11.5. The largest absolute Gasteiger partial charge is 0.507 e. The number of hydrogen-bond donors (Lipinski definition) is 2. The molecule has 0 aliphatic rings. The Labute approximate surface area is 116 Å². The molecule has 0 unspecified atom stereocenters. The molecule has 0 bridgehead atoms. The predicted octanol–water partition coefficient (Wildman–Crippen LogP) is 2.13. The van der Waals surface area contributed by atoms with Gasteiger partial charge in [-0.25, -0.2) is 0 Å². The van der Waals surface area contributed by atoms with Gasteiger partial charge < -0.3 is 15.6 Å². The van der Waals surface area contributed by atoms with Gasteiger partial charge in [-0.05, 0) is 29.5 Å². The van der Waals surface area contributed by atoms with E-state index in [1.54, 1.807) is 18.2 Å². The molecule has 0 radical (unpaired) electrons. The molecule has 3 N–H and O–H groups in total. The molecule has 0 fully saturated rings. The molecule has 2 rings (SSSR count). The summed E-state index contributed by atoms with van der Waals surface area (Å²) >= 11 is 0. The van der Waals surface area contributed by atoms with Gasteiger partial charge in [0.1, 0.15) is 11.5 Å². The number of fused-ring (bicyclic) bond motifs is 1. The fraction of sp³-hybridized carbons (Fsp3) is 0.200. The van der Waals surface area contributed by atoms with E-state index in [-0.39, 0.29) is 11.3 Å². The van der Waals surface area contributed by atoms with Crippen molar-refractivity contribution < 1.29 is 19.4 Å². The number of hydrogen-bond acceptors (Lipinski definition) is 4. The minimum Gasteiger partial charge on any atom is -0.507 e. The van der Waals surface area contributed by atoms with Gasteiger partial charge in [0.05, 0.1) is 5.56 Å². The number of aryl methyl sites for hydroxylation is 1. The summed E-state index contributed by atoms with van der Waals surface area (Å²) in [6.45, 7) is 3.16. The molecule has 5 heteroatoms. The minimum absolute atomic E-state index is 0.111. The molecular weight excluding hydrogens is 258 g/mol. The third-order valence-electron chi connectivity index (χ3n) is 3.08. The fourth-order valence-corrected chi connectivity index (χ4v) is 2.34. The highest BCUT2D eigenvalue weighted by Crippen LogP contribution is 2.35. The number of primary amides is 1. The van der Waals surface area contributed by atoms with E-state index in [0.717, 1.165) is 5.39 Å². The van der Waals surface area contributed by atoms with Gasteiger partial charge in [0.2, 0.25) is 0 Å². The SMILES string of the molecule is CCc1c(C(N)=O)c(O)cc2c(OC(C)=O)cccc12. The number of phenols is 1. The first-order valence-electron chi connectivity index (χ1n) is 6.21. The number of carbonyl (C=O) groups is 2. The normalized spacial score (nSPS) is 10.5. The van der Waals surface area contributed by atoms with Crippen LogP contribution in [0, 0.1) is 0 Å². The average Bonchev–Trinajstić information content (AvgIpc) is 2.37. The van der Waals surface area contributed by atoms with Crippen LogP contribution in [0.5, 0.6) is 11.5 Å². The van der Waals surface area contributed by atoms with Crippen molar-refractivity contribution in [1.82, 2.24) is 0 Å². The zero-order valence-electron chi connectivity index (χ0n) is 11.3. The number of ether oxygens (including phenoxy) is 1. The van der Waals surface area contributed by atoms with Gasteiger partial charge in [-0.3, -0.25) is 9.59 Å². The summed E-state index contributed by atoms with van der Waals surface area (Å²) in [5.74, 6) is -0.995. The maximum Gasteiger partial charge on any atom is 0.308 e. The lowest BCUT2D eigenvalue weighted by Crippen LogP contribution is -2.14. The van der Waals surface area contributed by atoms with E-state index < -0.39 is 11.9 Å². The van der Waals surface area contributed by atoms with E-state index in [9.17, 15) is 14.7 Å². The van der Waals surface area contributed by atoms with E-state index in [2.05, 4.69) is 0 Å². The molecule has 2 aromatic rings. The lowest BCUT2D eigenvalue weighted by atomic mass is 9.95. The van der Waals surface area contributed by atoms with Gasteiger partial charge in [0.15, 0.2) is 0 Å². The van der Waals surface area contributed by atoms with Crippen LogP contribution < -0.4 is 10.5 Å². The van der Waals surface area contributed by atoms with Crippen molar-refractivity contribution in [2.45, 2.75) is 20.3 Å². The highest BCUT2D eigenvalue weighted by Gasteiger charge is 2.18. The Morgan fingerprint density at radius 2 is 2.00 bits per heavy atom. The Kier molecular flexibility index (Phi) is 3.61. The van der Waals surface area contributed by atoms with Crippen LogP contribution in [0.2, 0.25) is 0 Å². The van der Waals surface area contributed by atoms with Gasteiger partial charge in [-0.2, -0.15) is 0 Å². The number of nitrogens with two attached hydrogens (primary N) is 1. The quantitative estimate of drug-likeness (QED) is 0.662. The van der Waals surface area contributed by atoms with Crippen LogP contribution >= 0.6 is 0 Å². The third-order valence-corrected chi connectivity index (χ3v) is 3.08. The monoisotopic (exact) mass is 273 g/mol. The number of esters is 1. The molecule has 0 saturated carbocycles. The van der Waals surface area contributed by atoms with Gasteiger partial charge in [0, 0.05) is 12.3 Å². The van der Waals surface area contributed by atoms with Crippen molar-refractivity contribution in [3.63, 3.8) is 0 Å². The molecule has 1 amide bonds. The van der Waals surface area contributed by atoms with Crippen LogP contribution in [0.15, 0.2) is 24.3 Å². The Hall–Kier alpha value is -2.56. The van der Waals surface area contributed by atoms with Crippen LogP contribution in [0.25, 0.3) is 10.8 Å². The molecule has 0 atom stereocenters. The molecule has 0 saturated heterocycles. The van der Waals surface area contributed by atoms with E-state index >= 15 is 0 Å². The molecule has 0 spiro atoms. The predicted molar refractivity (Wildman–Crippen MR) is 74.8 cm³/mol. The van der Waals surface area contributed by atoms with Crippen molar-refractivity contribution >= 4 is 22.6 Å². The van der Waals surface area contributed by atoms with Crippen molar-refractivity contribution in [3.8, 4) is 11.5 Å². The highest BCUT2D eigenvalue weighted by atomic mass is 16.5. The molecule has 0 aliphatic heterocycles. The average molecular weight is 273 g/mol. The van der Waals surface area contributed by atoms with E-state index in [0.29, 0.717) is 23.1 Å². The summed E-state index contributed by atoms with van der Waals surface area (Å²) in [6, 6.07) is 6.55. The van der Waals surface area contributed by atoms with E-state index in [4.69, 9.17) is 10.5 Å². The van der Waals surface area contributed by atoms with Gasteiger partial charge in [-0.1, -0.05) is 19.1 Å². The van der Waals surface area contributed by atoms with Crippen LogP contribution in [-0.2, 0) is 11.2 Å². The molecule has 0 aliphatic carbocycles. The number of benzene rings is 2. The zero-order valence-corrected chi connectivity index (χ0v) is 11.3.